The first-order chi connectivity index (χ1) is 12.5. The zero-order chi connectivity index (χ0) is 18.5. The number of thioether (sulfide) groups is 1. The molecule has 2 aromatic carbocycles. The van der Waals surface area contributed by atoms with E-state index >= 15 is 0 Å². The predicted molar refractivity (Wildman–Crippen MR) is 101 cm³/mol. The van der Waals surface area contributed by atoms with E-state index in [4.69, 9.17) is 4.74 Å². The van der Waals surface area contributed by atoms with Gasteiger partial charge in [-0.1, -0.05) is 36.0 Å². The minimum Gasteiger partial charge on any atom is -0.439 e. The monoisotopic (exact) mass is 367 g/mol. The standard InChI is InChI=1S/C19H17N3O3S/c1-13-5-3-8-17(9-13)25-18-10-14(2)20-19(21-18)26-12-15-6-4-7-16(11-15)22(23)24/h3-11H,12H2,1-2H3. The second-order valence-electron chi connectivity index (χ2n) is 5.76. The topological polar surface area (TPSA) is 78.2 Å². The van der Waals surface area contributed by atoms with Gasteiger partial charge in [0, 0.05) is 29.6 Å². The normalized spacial score (nSPS) is 10.5. The Hall–Kier alpha value is -2.93. The molecule has 0 spiro atoms. The third-order valence-corrected chi connectivity index (χ3v) is 4.43. The van der Waals surface area contributed by atoms with Gasteiger partial charge in [-0.25, -0.2) is 4.98 Å². The molecule has 0 unspecified atom stereocenters. The minimum atomic E-state index is -0.398. The molecule has 132 valence electrons. The lowest BCUT2D eigenvalue weighted by Gasteiger charge is -2.08. The lowest BCUT2D eigenvalue weighted by molar-refractivity contribution is -0.384. The number of ether oxygens (including phenoxy) is 1. The van der Waals surface area contributed by atoms with Gasteiger partial charge >= 0.3 is 0 Å². The highest BCUT2D eigenvalue weighted by Gasteiger charge is 2.09. The number of benzene rings is 2. The molecule has 0 atom stereocenters. The fourth-order valence-corrected chi connectivity index (χ4v) is 3.18. The minimum absolute atomic E-state index is 0.0803. The summed E-state index contributed by atoms with van der Waals surface area (Å²) in [4.78, 5) is 19.3. The van der Waals surface area contributed by atoms with Crippen molar-refractivity contribution in [3.05, 3.63) is 81.5 Å². The van der Waals surface area contributed by atoms with E-state index in [2.05, 4.69) is 9.97 Å². The molecular weight excluding hydrogens is 350 g/mol. The Balaban J connectivity index is 1.73. The summed E-state index contributed by atoms with van der Waals surface area (Å²) in [6, 6.07) is 16.1. The van der Waals surface area contributed by atoms with Crippen molar-refractivity contribution >= 4 is 17.4 Å². The molecule has 0 radical (unpaired) electrons. The first kappa shape index (κ1) is 17.9. The number of hydrogen-bond donors (Lipinski definition) is 0. The number of hydrogen-bond acceptors (Lipinski definition) is 6. The van der Waals surface area contributed by atoms with Crippen LogP contribution in [0.5, 0.6) is 11.6 Å². The van der Waals surface area contributed by atoms with E-state index in [9.17, 15) is 10.1 Å². The lowest BCUT2D eigenvalue weighted by Crippen LogP contribution is -1.96. The number of aromatic nitrogens is 2. The van der Waals surface area contributed by atoms with Gasteiger partial charge in [0.05, 0.1) is 4.92 Å². The van der Waals surface area contributed by atoms with Crippen LogP contribution < -0.4 is 4.74 Å². The van der Waals surface area contributed by atoms with Crippen LogP contribution in [0.25, 0.3) is 0 Å². The average molecular weight is 367 g/mol. The summed E-state index contributed by atoms with van der Waals surface area (Å²) in [7, 11) is 0. The molecule has 3 rings (SSSR count). The molecule has 0 bridgehead atoms. The van der Waals surface area contributed by atoms with E-state index in [1.807, 2.05) is 44.2 Å². The summed E-state index contributed by atoms with van der Waals surface area (Å²) < 4.78 is 5.83. The zero-order valence-electron chi connectivity index (χ0n) is 14.4. The third-order valence-electron chi connectivity index (χ3n) is 3.51. The highest BCUT2D eigenvalue weighted by atomic mass is 32.2. The lowest BCUT2D eigenvalue weighted by atomic mass is 10.2. The third kappa shape index (κ3) is 4.80. The summed E-state index contributed by atoms with van der Waals surface area (Å²) in [5.41, 5.74) is 2.82. The molecule has 0 saturated heterocycles. The molecule has 1 aromatic heterocycles. The molecule has 26 heavy (non-hydrogen) atoms. The van der Waals surface area contributed by atoms with Gasteiger partial charge < -0.3 is 4.74 Å². The Morgan fingerprint density at radius 1 is 1.08 bits per heavy atom. The Kier molecular flexibility index (Phi) is 5.48. The fourth-order valence-electron chi connectivity index (χ4n) is 2.34. The van der Waals surface area contributed by atoms with E-state index < -0.39 is 4.92 Å². The Morgan fingerprint density at radius 2 is 1.88 bits per heavy atom. The Labute approximate surface area is 155 Å². The van der Waals surface area contributed by atoms with Crippen LogP contribution in [0.3, 0.4) is 0 Å². The van der Waals surface area contributed by atoms with Crippen molar-refractivity contribution in [2.24, 2.45) is 0 Å². The van der Waals surface area contributed by atoms with Crippen LogP contribution in [0.15, 0.2) is 59.8 Å². The molecule has 0 aliphatic carbocycles. The zero-order valence-corrected chi connectivity index (χ0v) is 15.2. The smallest absolute Gasteiger partial charge is 0.269 e. The Morgan fingerprint density at radius 3 is 2.65 bits per heavy atom. The molecule has 3 aromatic rings. The maximum absolute atomic E-state index is 10.9. The molecule has 0 aliphatic rings. The molecule has 0 aliphatic heterocycles. The first-order valence-electron chi connectivity index (χ1n) is 7.96. The van der Waals surface area contributed by atoms with E-state index in [1.54, 1.807) is 18.2 Å². The van der Waals surface area contributed by atoms with Gasteiger partial charge in [0.15, 0.2) is 5.16 Å². The van der Waals surface area contributed by atoms with Gasteiger partial charge in [0.2, 0.25) is 5.88 Å². The van der Waals surface area contributed by atoms with Crippen LogP contribution in [-0.4, -0.2) is 14.9 Å². The fraction of sp³-hybridized carbons (Fsp3) is 0.158. The van der Waals surface area contributed by atoms with E-state index in [0.717, 1.165) is 22.6 Å². The van der Waals surface area contributed by atoms with E-state index in [0.29, 0.717) is 16.8 Å². The van der Waals surface area contributed by atoms with E-state index in [1.165, 1.54) is 17.8 Å². The van der Waals surface area contributed by atoms with Gasteiger partial charge in [0.1, 0.15) is 5.75 Å². The maximum Gasteiger partial charge on any atom is 0.269 e. The predicted octanol–water partition coefficient (Wildman–Crippen LogP) is 5.09. The molecule has 6 nitrogen and oxygen atoms in total. The van der Waals surface area contributed by atoms with Crippen molar-refractivity contribution in [1.29, 1.82) is 0 Å². The van der Waals surface area contributed by atoms with Crippen molar-refractivity contribution in [2.45, 2.75) is 24.8 Å². The van der Waals surface area contributed by atoms with Crippen molar-refractivity contribution in [2.75, 3.05) is 0 Å². The summed E-state index contributed by atoms with van der Waals surface area (Å²) in [5.74, 6) is 1.73. The van der Waals surface area contributed by atoms with Crippen molar-refractivity contribution in [3.8, 4) is 11.6 Å². The van der Waals surface area contributed by atoms with Crippen LogP contribution in [0.1, 0.15) is 16.8 Å². The van der Waals surface area contributed by atoms with Crippen molar-refractivity contribution in [1.82, 2.24) is 9.97 Å². The quantitative estimate of drug-likeness (QED) is 0.261. The van der Waals surface area contributed by atoms with Crippen LogP contribution in [0.2, 0.25) is 0 Å². The van der Waals surface area contributed by atoms with Crippen molar-refractivity contribution < 1.29 is 9.66 Å². The highest BCUT2D eigenvalue weighted by Crippen LogP contribution is 2.26. The van der Waals surface area contributed by atoms with Gasteiger partial charge in [-0.2, -0.15) is 4.98 Å². The van der Waals surface area contributed by atoms with E-state index in [-0.39, 0.29) is 5.69 Å². The number of aryl methyl sites for hydroxylation is 2. The summed E-state index contributed by atoms with van der Waals surface area (Å²) in [6.07, 6.45) is 0. The van der Waals surface area contributed by atoms with Gasteiger partial charge in [-0.3, -0.25) is 10.1 Å². The number of nitro benzene ring substituents is 1. The van der Waals surface area contributed by atoms with Gasteiger partial charge in [-0.05, 0) is 37.1 Å². The maximum atomic E-state index is 10.9. The van der Waals surface area contributed by atoms with Gasteiger partial charge in [-0.15, -0.1) is 0 Å². The SMILES string of the molecule is Cc1cccc(Oc2cc(C)nc(SCc3cccc([N+](=O)[O-])c3)n2)c1. The number of non-ortho nitro benzene ring substituents is 1. The van der Waals surface area contributed by atoms with Crippen LogP contribution in [0.4, 0.5) is 5.69 Å². The molecular formula is C19H17N3O3S. The summed E-state index contributed by atoms with van der Waals surface area (Å²) in [5, 5.41) is 11.4. The highest BCUT2D eigenvalue weighted by molar-refractivity contribution is 7.98. The number of rotatable bonds is 6. The molecule has 0 amide bonds. The second-order valence-corrected chi connectivity index (χ2v) is 6.71. The first-order valence-corrected chi connectivity index (χ1v) is 8.94. The van der Waals surface area contributed by atoms with Crippen LogP contribution >= 0.6 is 11.8 Å². The largest absolute Gasteiger partial charge is 0.439 e. The molecule has 0 N–H and O–H groups in total. The van der Waals surface area contributed by atoms with Crippen LogP contribution in [-0.2, 0) is 5.75 Å². The molecule has 7 heteroatoms. The second kappa shape index (κ2) is 7.97. The van der Waals surface area contributed by atoms with Crippen LogP contribution in [0, 0.1) is 24.0 Å². The summed E-state index contributed by atoms with van der Waals surface area (Å²) in [6.45, 7) is 3.88. The van der Waals surface area contributed by atoms with Gasteiger partial charge in [0.25, 0.3) is 5.69 Å². The average Bonchev–Trinajstić information content (AvgIpc) is 2.60. The Bertz CT molecular complexity index is 947. The van der Waals surface area contributed by atoms with Crippen molar-refractivity contribution in [3.63, 3.8) is 0 Å². The molecule has 0 fully saturated rings. The summed E-state index contributed by atoms with van der Waals surface area (Å²) >= 11 is 1.41. The number of nitrogens with zero attached hydrogens (tertiary/aromatic N) is 3. The number of nitro groups is 1. The molecule has 1 heterocycles. The molecule has 0 saturated carbocycles.